The summed E-state index contributed by atoms with van der Waals surface area (Å²) < 4.78 is 18.9. The minimum atomic E-state index is -0.889. The number of carbonyl (C=O) groups excluding carboxylic acids is 1. The molecule has 126 valence electrons. The fourth-order valence-electron chi connectivity index (χ4n) is 3.27. The number of fused-ring (bicyclic) bond motifs is 1. The number of benzene rings is 1. The van der Waals surface area contributed by atoms with E-state index < -0.39 is 11.8 Å². The highest BCUT2D eigenvalue weighted by Crippen LogP contribution is 2.34. The first-order valence-corrected chi connectivity index (χ1v) is 8.31. The van der Waals surface area contributed by atoms with E-state index in [4.69, 9.17) is 4.74 Å². The molecule has 0 radical (unpaired) electrons. The number of aryl methyl sites for hydroxylation is 1. The van der Waals surface area contributed by atoms with Crippen LogP contribution in [0.25, 0.3) is 5.57 Å². The number of allylic oxidation sites excluding steroid dienone is 1. The molecule has 0 fully saturated rings. The summed E-state index contributed by atoms with van der Waals surface area (Å²) in [6, 6.07) is 6.86. The molecule has 0 N–H and O–H groups in total. The van der Waals surface area contributed by atoms with Gasteiger partial charge in [-0.05, 0) is 76.3 Å². The van der Waals surface area contributed by atoms with E-state index >= 15 is 0 Å². The molecule has 1 aliphatic rings. The van der Waals surface area contributed by atoms with Crippen LogP contribution in [0.3, 0.4) is 0 Å². The highest BCUT2D eigenvalue weighted by atomic mass is 19.1. The van der Waals surface area contributed by atoms with E-state index in [1.807, 2.05) is 18.2 Å². The molecule has 2 rings (SSSR count). The maximum atomic E-state index is 14.2. The zero-order valence-electron chi connectivity index (χ0n) is 14.6. The number of anilines is 1. The van der Waals surface area contributed by atoms with Crippen molar-refractivity contribution in [3.05, 3.63) is 35.2 Å². The zero-order valence-corrected chi connectivity index (χ0v) is 14.6. The molecule has 23 heavy (non-hydrogen) atoms. The largest absolute Gasteiger partial charge is 0.461 e. The Bertz CT molecular complexity index is 622. The predicted molar refractivity (Wildman–Crippen MR) is 92.2 cm³/mol. The Morgan fingerprint density at radius 2 is 2.13 bits per heavy atom. The standard InChI is InChI=1S/C19H26FNO2/c1-6-23-19(22)18(20)14(5)15-9-10-17-16(11-15)8-7-13(4)21(17)12(2)3/h9-13H,6-8H2,1-5H3. The van der Waals surface area contributed by atoms with E-state index in [2.05, 4.69) is 25.7 Å². The lowest BCUT2D eigenvalue weighted by Gasteiger charge is -2.40. The quantitative estimate of drug-likeness (QED) is 0.604. The minimum Gasteiger partial charge on any atom is -0.461 e. The van der Waals surface area contributed by atoms with E-state index in [1.165, 1.54) is 11.3 Å². The summed E-state index contributed by atoms with van der Waals surface area (Å²) in [5.41, 5.74) is 3.51. The van der Waals surface area contributed by atoms with Gasteiger partial charge in [0.15, 0.2) is 0 Å². The summed E-state index contributed by atoms with van der Waals surface area (Å²) in [4.78, 5) is 14.0. The number of nitrogens with zero attached hydrogens (tertiary/aromatic N) is 1. The second-order valence-corrected chi connectivity index (χ2v) is 6.39. The minimum absolute atomic E-state index is 0.172. The van der Waals surface area contributed by atoms with Gasteiger partial charge in [0.1, 0.15) is 0 Å². The van der Waals surface area contributed by atoms with Crippen molar-refractivity contribution in [3.8, 4) is 0 Å². The van der Waals surface area contributed by atoms with Gasteiger partial charge in [0.2, 0.25) is 5.83 Å². The summed E-state index contributed by atoms with van der Waals surface area (Å²) >= 11 is 0. The monoisotopic (exact) mass is 319 g/mol. The van der Waals surface area contributed by atoms with Gasteiger partial charge < -0.3 is 9.64 Å². The molecule has 0 saturated carbocycles. The second-order valence-electron chi connectivity index (χ2n) is 6.39. The third kappa shape index (κ3) is 3.57. The Morgan fingerprint density at radius 3 is 2.74 bits per heavy atom. The first kappa shape index (κ1) is 17.5. The van der Waals surface area contributed by atoms with Crippen LogP contribution in [0.15, 0.2) is 24.0 Å². The van der Waals surface area contributed by atoms with Gasteiger partial charge in [-0.25, -0.2) is 4.79 Å². The number of hydrogen-bond acceptors (Lipinski definition) is 3. The molecular formula is C19H26FNO2. The van der Waals surface area contributed by atoms with Gasteiger partial charge in [0.05, 0.1) is 6.61 Å². The van der Waals surface area contributed by atoms with Crippen LogP contribution in [0.4, 0.5) is 10.1 Å². The van der Waals surface area contributed by atoms with E-state index in [1.54, 1.807) is 13.8 Å². The number of ether oxygens (including phenoxy) is 1. The molecule has 1 aromatic carbocycles. The molecule has 0 saturated heterocycles. The van der Waals surface area contributed by atoms with Gasteiger partial charge >= 0.3 is 5.97 Å². The Labute approximate surface area is 138 Å². The predicted octanol–water partition coefficient (Wildman–Crippen LogP) is 4.50. The molecule has 4 heteroatoms. The fourth-order valence-corrected chi connectivity index (χ4v) is 3.27. The topological polar surface area (TPSA) is 29.5 Å². The Balaban J connectivity index is 2.38. The van der Waals surface area contributed by atoms with Gasteiger partial charge in [-0.2, -0.15) is 4.39 Å². The highest BCUT2D eigenvalue weighted by Gasteiger charge is 2.25. The number of hydrogen-bond donors (Lipinski definition) is 0. The lowest BCUT2D eigenvalue weighted by atomic mass is 9.92. The van der Waals surface area contributed by atoms with Gasteiger partial charge in [0.25, 0.3) is 0 Å². The molecular weight excluding hydrogens is 293 g/mol. The lowest BCUT2D eigenvalue weighted by Crippen LogP contribution is -2.42. The van der Waals surface area contributed by atoms with Crippen molar-refractivity contribution < 1.29 is 13.9 Å². The molecule has 0 amide bonds. The Morgan fingerprint density at radius 1 is 1.43 bits per heavy atom. The van der Waals surface area contributed by atoms with Crippen molar-refractivity contribution in [1.29, 1.82) is 0 Å². The van der Waals surface area contributed by atoms with Crippen LogP contribution in [0.1, 0.15) is 52.2 Å². The summed E-state index contributed by atoms with van der Waals surface area (Å²) in [7, 11) is 0. The summed E-state index contributed by atoms with van der Waals surface area (Å²) in [6.45, 7) is 10.1. The van der Waals surface area contributed by atoms with E-state index in [0.717, 1.165) is 18.4 Å². The zero-order chi connectivity index (χ0) is 17.1. The first-order chi connectivity index (χ1) is 10.9. The molecule has 0 aromatic heterocycles. The van der Waals surface area contributed by atoms with Crippen molar-refractivity contribution >= 4 is 17.2 Å². The van der Waals surface area contributed by atoms with Crippen molar-refractivity contribution in [1.82, 2.24) is 0 Å². The normalized spacial score (nSPS) is 18.6. The Hall–Kier alpha value is -1.84. The van der Waals surface area contributed by atoms with Crippen LogP contribution >= 0.6 is 0 Å². The lowest BCUT2D eigenvalue weighted by molar-refractivity contribution is -0.140. The molecule has 1 aromatic rings. The third-order valence-corrected chi connectivity index (χ3v) is 4.44. The molecule has 1 heterocycles. The molecule has 3 nitrogen and oxygen atoms in total. The number of carbonyl (C=O) groups is 1. The van der Waals surface area contributed by atoms with Crippen LogP contribution in [0.2, 0.25) is 0 Å². The maximum absolute atomic E-state index is 14.2. The van der Waals surface area contributed by atoms with Gasteiger partial charge in [-0.1, -0.05) is 6.07 Å². The number of esters is 1. The molecule has 1 unspecified atom stereocenters. The molecule has 0 aliphatic carbocycles. The van der Waals surface area contributed by atoms with Crippen molar-refractivity contribution in [3.63, 3.8) is 0 Å². The third-order valence-electron chi connectivity index (χ3n) is 4.44. The van der Waals surface area contributed by atoms with Crippen LogP contribution < -0.4 is 4.90 Å². The molecule has 0 spiro atoms. The maximum Gasteiger partial charge on any atom is 0.367 e. The summed E-state index contributed by atoms with van der Waals surface area (Å²) in [5, 5.41) is 0. The SMILES string of the molecule is CCOC(=O)C(F)=C(C)c1ccc2c(c1)CCC(C)N2C(C)C. The average Bonchev–Trinajstić information content (AvgIpc) is 2.52. The summed E-state index contributed by atoms with van der Waals surface area (Å²) in [5.74, 6) is -1.70. The van der Waals surface area contributed by atoms with Crippen molar-refractivity contribution in [2.24, 2.45) is 0 Å². The van der Waals surface area contributed by atoms with E-state index in [-0.39, 0.29) is 6.61 Å². The van der Waals surface area contributed by atoms with E-state index in [0.29, 0.717) is 17.7 Å². The van der Waals surface area contributed by atoms with Crippen LogP contribution in [0.5, 0.6) is 0 Å². The van der Waals surface area contributed by atoms with Crippen LogP contribution in [-0.2, 0) is 16.0 Å². The first-order valence-electron chi connectivity index (χ1n) is 8.31. The van der Waals surface area contributed by atoms with Gasteiger partial charge in [-0.3, -0.25) is 0 Å². The van der Waals surface area contributed by atoms with Crippen molar-refractivity contribution in [2.45, 2.75) is 59.5 Å². The van der Waals surface area contributed by atoms with Crippen molar-refractivity contribution in [2.75, 3.05) is 11.5 Å². The van der Waals surface area contributed by atoms with E-state index in [9.17, 15) is 9.18 Å². The number of rotatable bonds is 4. The summed E-state index contributed by atoms with van der Waals surface area (Å²) in [6.07, 6.45) is 2.06. The van der Waals surface area contributed by atoms with Gasteiger partial charge in [-0.15, -0.1) is 0 Å². The fraction of sp³-hybridized carbons (Fsp3) is 0.526. The van der Waals surface area contributed by atoms with Crippen LogP contribution in [-0.4, -0.2) is 24.7 Å². The average molecular weight is 319 g/mol. The molecule has 1 aliphatic heterocycles. The van der Waals surface area contributed by atoms with Crippen LogP contribution in [0, 0.1) is 0 Å². The number of halogens is 1. The second kappa shape index (κ2) is 7.16. The molecule has 1 atom stereocenters. The smallest absolute Gasteiger partial charge is 0.367 e. The van der Waals surface area contributed by atoms with Gasteiger partial charge in [0, 0.05) is 17.8 Å². The highest BCUT2D eigenvalue weighted by molar-refractivity contribution is 5.95. The molecule has 0 bridgehead atoms. The Kier molecular flexibility index (Phi) is 5.45.